The Hall–Kier alpha value is -1.33. The zero-order chi connectivity index (χ0) is 12.6. The molecule has 0 spiro atoms. The third-order valence-corrected chi connectivity index (χ3v) is 3.27. The van der Waals surface area contributed by atoms with Crippen molar-refractivity contribution in [3.05, 3.63) is 34.6 Å². The SMILES string of the molecule is Cc1nn(C)c(Cl)c1CC(N)c1cn(C)cn1. The summed E-state index contributed by atoms with van der Waals surface area (Å²) in [5.41, 5.74) is 8.90. The average Bonchev–Trinajstić information content (AvgIpc) is 2.79. The smallest absolute Gasteiger partial charge is 0.130 e. The molecule has 6 heteroatoms. The van der Waals surface area contributed by atoms with Crippen molar-refractivity contribution in [3.63, 3.8) is 0 Å². The van der Waals surface area contributed by atoms with Crippen LogP contribution in [0.4, 0.5) is 0 Å². The lowest BCUT2D eigenvalue weighted by molar-refractivity contribution is 0.697. The van der Waals surface area contributed by atoms with Crippen molar-refractivity contribution in [2.45, 2.75) is 19.4 Å². The van der Waals surface area contributed by atoms with Crippen LogP contribution in [0, 0.1) is 6.92 Å². The lowest BCUT2D eigenvalue weighted by Crippen LogP contribution is -2.14. The van der Waals surface area contributed by atoms with E-state index in [-0.39, 0.29) is 6.04 Å². The molecule has 2 aromatic heterocycles. The highest BCUT2D eigenvalue weighted by molar-refractivity contribution is 6.30. The molecule has 0 aliphatic heterocycles. The Bertz CT molecular complexity index is 528. The Morgan fingerprint density at radius 1 is 1.47 bits per heavy atom. The number of aryl methyl sites for hydroxylation is 3. The first-order valence-corrected chi connectivity index (χ1v) is 5.78. The molecule has 0 radical (unpaired) electrons. The second-order valence-corrected chi connectivity index (χ2v) is 4.61. The Morgan fingerprint density at radius 2 is 2.18 bits per heavy atom. The van der Waals surface area contributed by atoms with E-state index in [1.54, 1.807) is 11.0 Å². The van der Waals surface area contributed by atoms with E-state index in [2.05, 4.69) is 10.1 Å². The molecule has 17 heavy (non-hydrogen) atoms. The number of nitrogens with two attached hydrogens (primary N) is 1. The van der Waals surface area contributed by atoms with Crippen LogP contribution in [0.2, 0.25) is 5.15 Å². The van der Waals surface area contributed by atoms with E-state index < -0.39 is 0 Å². The molecule has 0 amide bonds. The Morgan fingerprint density at radius 3 is 2.65 bits per heavy atom. The largest absolute Gasteiger partial charge is 0.340 e. The molecule has 0 aliphatic rings. The number of aromatic nitrogens is 4. The van der Waals surface area contributed by atoms with Gasteiger partial charge in [0.05, 0.1) is 23.8 Å². The summed E-state index contributed by atoms with van der Waals surface area (Å²) in [6, 6.07) is -0.156. The molecule has 2 rings (SSSR count). The van der Waals surface area contributed by atoms with Gasteiger partial charge in [0.25, 0.3) is 0 Å². The van der Waals surface area contributed by atoms with Crippen molar-refractivity contribution in [3.8, 4) is 0 Å². The summed E-state index contributed by atoms with van der Waals surface area (Å²) < 4.78 is 3.55. The van der Waals surface area contributed by atoms with Crippen LogP contribution in [0.5, 0.6) is 0 Å². The van der Waals surface area contributed by atoms with Crippen molar-refractivity contribution in [1.82, 2.24) is 19.3 Å². The molecule has 2 N–H and O–H groups in total. The number of imidazole rings is 1. The summed E-state index contributed by atoms with van der Waals surface area (Å²) in [7, 11) is 3.75. The van der Waals surface area contributed by atoms with E-state index in [0.717, 1.165) is 17.0 Å². The standard InChI is InChI=1S/C11H16ClN5/c1-7-8(11(12)17(3)15-7)4-9(13)10-5-16(2)6-14-10/h5-6,9H,4,13H2,1-3H3. The van der Waals surface area contributed by atoms with Gasteiger partial charge >= 0.3 is 0 Å². The minimum absolute atomic E-state index is 0.156. The monoisotopic (exact) mass is 253 g/mol. The predicted octanol–water partition coefficient (Wildman–Crippen LogP) is 1.36. The highest BCUT2D eigenvalue weighted by Gasteiger charge is 2.17. The second-order valence-electron chi connectivity index (χ2n) is 4.25. The van der Waals surface area contributed by atoms with Gasteiger partial charge in [0.15, 0.2) is 0 Å². The molecule has 5 nitrogen and oxygen atoms in total. The first kappa shape index (κ1) is 12.1. The highest BCUT2D eigenvalue weighted by Crippen LogP contribution is 2.23. The van der Waals surface area contributed by atoms with E-state index >= 15 is 0 Å². The maximum absolute atomic E-state index is 6.17. The molecule has 0 saturated heterocycles. The molecular weight excluding hydrogens is 238 g/mol. The molecule has 2 heterocycles. The number of hydrogen-bond donors (Lipinski definition) is 1. The molecule has 0 saturated carbocycles. The van der Waals surface area contributed by atoms with Gasteiger partial charge in [0.2, 0.25) is 0 Å². The fraction of sp³-hybridized carbons (Fsp3) is 0.455. The summed E-state index contributed by atoms with van der Waals surface area (Å²) in [5.74, 6) is 0. The zero-order valence-electron chi connectivity index (χ0n) is 10.2. The van der Waals surface area contributed by atoms with Crippen molar-refractivity contribution in [2.75, 3.05) is 0 Å². The minimum atomic E-state index is -0.156. The first-order valence-electron chi connectivity index (χ1n) is 5.40. The van der Waals surface area contributed by atoms with Crippen LogP contribution in [-0.2, 0) is 20.5 Å². The van der Waals surface area contributed by atoms with Crippen LogP contribution in [0.15, 0.2) is 12.5 Å². The van der Waals surface area contributed by atoms with Crippen molar-refractivity contribution < 1.29 is 0 Å². The van der Waals surface area contributed by atoms with E-state index in [1.165, 1.54) is 0 Å². The van der Waals surface area contributed by atoms with Gasteiger partial charge in [-0.05, 0) is 13.3 Å². The lowest BCUT2D eigenvalue weighted by Gasteiger charge is -2.08. The third kappa shape index (κ3) is 2.35. The summed E-state index contributed by atoms with van der Waals surface area (Å²) >= 11 is 6.17. The van der Waals surface area contributed by atoms with E-state index in [0.29, 0.717) is 11.6 Å². The van der Waals surface area contributed by atoms with Crippen LogP contribution in [0.3, 0.4) is 0 Å². The second kappa shape index (κ2) is 4.50. The van der Waals surface area contributed by atoms with E-state index in [9.17, 15) is 0 Å². The van der Waals surface area contributed by atoms with Gasteiger partial charge in [-0.15, -0.1) is 0 Å². The van der Waals surface area contributed by atoms with Crippen molar-refractivity contribution in [2.24, 2.45) is 19.8 Å². The molecule has 1 atom stereocenters. The molecule has 92 valence electrons. The molecular formula is C11H16ClN5. The number of rotatable bonds is 3. The van der Waals surface area contributed by atoms with Crippen LogP contribution in [0.25, 0.3) is 0 Å². The predicted molar refractivity (Wildman–Crippen MR) is 66.8 cm³/mol. The van der Waals surface area contributed by atoms with Gasteiger partial charge in [-0.25, -0.2) is 4.98 Å². The summed E-state index contributed by atoms with van der Waals surface area (Å²) in [4.78, 5) is 4.25. The van der Waals surface area contributed by atoms with Crippen molar-refractivity contribution in [1.29, 1.82) is 0 Å². The fourth-order valence-electron chi connectivity index (χ4n) is 1.85. The van der Waals surface area contributed by atoms with Gasteiger partial charge < -0.3 is 10.3 Å². The van der Waals surface area contributed by atoms with Crippen LogP contribution < -0.4 is 5.73 Å². The first-order chi connectivity index (χ1) is 7.99. The molecule has 0 aromatic carbocycles. The van der Waals surface area contributed by atoms with Crippen LogP contribution in [-0.4, -0.2) is 19.3 Å². The Kier molecular flexibility index (Phi) is 3.22. The van der Waals surface area contributed by atoms with Gasteiger partial charge in [-0.2, -0.15) is 5.10 Å². The summed E-state index contributed by atoms with van der Waals surface area (Å²) in [5, 5.41) is 4.91. The summed E-state index contributed by atoms with van der Waals surface area (Å²) in [6.07, 6.45) is 4.31. The zero-order valence-corrected chi connectivity index (χ0v) is 10.9. The minimum Gasteiger partial charge on any atom is -0.340 e. The average molecular weight is 254 g/mol. The van der Waals surface area contributed by atoms with Gasteiger partial charge in [-0.3, -0.25) is 4.68 Å². The maximum Gasteiger partial charge on any atom is 0.130 e. The number of hydrogen-bond acceptors (Lipinski definition) is 3. The van der Waals surface area contributed by atoms with Gasteiger partial charge in [-0.1, -0.05) is 11.6 Å². The number of nitrogens with zero attached hydrogens (tertiary/aromatic N) is 4. The van der Waals surface area contributed by atoms with E-state index in [1.807, 2.05) is 31.8 Å². The Balaban J connectivity index is 2.21. The van der Waals surface area contributed by atoms with Crippen LogP contribution in [0.1, 0.15) is 23.0 Å². The van der Waals surface area contributed by atoms with Gasteiger partial charge in [0, 0.05) is 25.9 Å². The maximum atomic E-state index is 6.17. The number of halogens is 1. The molecule has 2 aromatic rings. The topological polar surface area (TPSA) is 61.7 Å². The lowest BCUT2D eigenvalue weighted by atomic mass is 10.1. The molecule has 0 bridgehead atoms. The third-order valence-electron chi connectivity index (χ3n) is 2.80. The highest BCUT2D eigenvalue weighted by atomic mass is 35.5. The summed E-state index contributed by atoms with van der Waals surface area (Å²) in [6.45, 7) is 1.94. The van der Waals surface area contributed by atoms with Crippen molar-refractivity contribution >= 4 is 11.6 Å². The Labute approximate surface area is 105 Å². The molecule has 0 aliphatic carbocycles. The van der Waals surface area contributed by atoms with E-state index in [4.69, 9.17) is 17.3 Å². The quantitative estimate of drug-likeness (QED) is 0.899. The fourth-order valence-corrected chi connectivity index (χ4v) is 2.11. The van der Waals surface area contributed by atoms with Crippen LogP contribution >= 0.6 is 11.6 Å². The normalized spacial score (nSPS) is 13.0. The molecule has 1 unspecified atom stereocenters. The molecule has 0 fully saturated rings. The van der Waals surface area contributed by atoms with Gasteiger partial charge in [0.1, 0.15) is 5.15 Å².